The molecule has 112 valence electrons. The predicted octanol–water partition coefficient (Wildman–Crippen LogP) is 4.30. The lowest BCUT2D eigenvalue weighted by atomic mass is 10.1. The van der Waals surface area contributed by atoms with Crippen LogP contribution in [0.25, 0.3) is 0 Å². The van der Waals surface area contributed by atoms with E-state index in [1.165, 1.54) is 6.07 Å². The molecule has 0 aliphatic carbocycles. The summed E-state index contributed by atoms with van der Waals surface area (Å²) < 4.78 is 13.4. The largest absolute Gasteiger partial charge is 0.271 e. The molecule has 2 nitrogen and oxygen atoms in total. The van der Waals surface area contributed by atoms with Crippen LogP contribution in [0.4, 0.5) is 4.39 Å². The minimum atomic E-state index is -0.410. The minimum absolute atomic E-state index is 0.0201. The second-order valence-electron chi connectivity index (χ2n) is 4.55. The quantitative estimate of drug-likeness (QED) is 0.466. The Morgan fingerprint density at radius 3 is 2.67 bits per heavy atom. The summed E-state index contributed by atoms with van der Waals surface area (Å²) in [5, 5.41) is 0.857. The standard InChI is InChI=1S/C15H15Cl2FN2S/c16-11-4-2-5-13(8-11)21-9-12(20-19)7-10-3-1-6-14(18)15(10)17/h1-6,8,12,20H,7,9,19H2. The van der Waals surface area contributed by atoms with Crippen molar-refractivity contribution < 1.29 is 4.39 Å². The van der Waals surface area contributed by atoms with E-state index in [4.69, 9.17) is 29.0 Å². The smallest absolute Gasteiger partial charge is 0.142 e. The number of hydrazine groups is 1. The van der Waals surface area contributed by atoms with Gasteiger partial charge in [0, 0.05) is 21.7 Å². The second-order valence-corrected chi connectivity index (χ2v) is 6.46. The molecule has 0 amide bonds. The van der Waals surface area contributed by atoms with E-state index >= 15 is 0 Å². The average Bonchev–Trinajstić information content (AvgIpc) is 2.48. The Bertz CT molecular complexity index is 610. The van der Waals surface area contributed by atoms with Crippen LogP contribution in [0, 0.1) is 5.82 Å². The Hall–Kier alpha value is -0.780. The van der Waals surface area contributed by atoms with Crippen molar-refractivity contribution in [2.24, 2.45) is 5.84 Å². The molecule has 21 heavy (non-hydrogen) atoms. The van der Waals surface area contributed by atoms with Gasteiger partial charge >= 0.3 is 0 Å². The van der Waals surface area contributed by atoms with E-state index in [1.807, 2.05) is 24.3 Å². The Morgan fingerprint density at radius 2 is 1.95 bits per heavy atom. The van der Waals surface area contributed by atoms with Crippen molar-refractivity contribution in [2.75, 3.05) is 5.75 Å². The number of nitrogens with one attached hydrogen (secondary N) is 1. The van der Waals surface area contributed by atoms with Crippen molar-refractivity contribution in [2.45, 2.75) is 17.4 Å². The van der Waals surface area contributed by atoms with Crippen molar-refractivity contribution in [3.63, 3.8) is 0 Å². The zero-order valence-corrected chi connectivity index (χ0v) is 13.5. The summed E-state index contributed by atoms with van der Waals surface area (Å²) in [6.07, 6.45) is 0.556. The molecule has 0 radical (unpaired) electrons. The summed E-state index contributed by atoms with van der Waals surface area (Å²) >= 11 is 13.5. The average molecular weight is 345 g/mol. The fourth-order valence-corrected chi connectivity index (χ4v) is 3.34. The molecule has 6 heteroatoms. The first kappa shape index (κ1) is 16.6. The van der Waals surface area contributed by atoms with E-state index in [0.29, 0.717) is 11.4 Å². The van der Waals surface area contributed by atoms with Crippen LogP contribution in [0.2, 0.25) is 10.0 Å². The molecule has 2 rings (SSSR count). The number of nitrogens with two attached hydrogens (primary N) is 1. The SMILES string of the molecule is NNC(CSc1cccc(Cl)c1)Cc1cccc(F)c1Cl. The molecule has 1 atom stereocenters. The van der Waals surface area contributed by atoms with Gasteiger partial charge in [-0.25, -0.2) is 4.39 Å². The van der Waals surface area contributed by atoms with Gasteiger partial charge in [0.25, 0.3) is 0 Å². The number of thioether (sulfide) groups is 1. The van der Waals surface area contributed by atoms with Crippen molar-refractivity contribution in [1.82, 2.24) is 5.43 Å². The van der Waals surface area contributed by atoms with Gasteiger partial charge in [-0.15, -0.1) is 11.8 Å². The molecule has 1 unspecified atom stereocenters. The molecule has 2 aromatic carbocycles. The van der Waals surface area contributed by atoms with Gasteiger partial charge < -0.3 is 0 Å². The summed E-state index contributed by atoms with van der Waals surface area (Å²) in [5.41, 5.74) is 3.49. The molecule has 3 N–H and O–H groups in total. The molecular weight excluding hydrogens is 330 g/mol. The molecule has 0 aliphatic heterocycles. The van der Waals surface area contributed by atoms with Crippen LogP contribution in [0.5, 0.6) is 0 Å². The van der Waals surface area contributed by atoms with Crippen molar-refractivity contribution >= 4 is 35.0 Å². The summed E-state index contributed by atoms with van der Waals surface area (Å²) in [4.78, 5) is 1.06. The summed E-state index contributed by atoms with van der Waals surface area (Å²) in [6.45, 7) is 0. The molecule has 0 aromatic heterocycles. The lowest BCUT2D eigenvalue weighted by Crippen LogP contribution is -2.38. The van der Waals surface area contributed by atoms with Crippen molar-refractivity contribution in [3.8, 4) is 0 Å². The lowest BCUT2D eigenvalue weighted by molar-refractivity contribution is 0.571. The van der Waals surface area contributed by atoms with Crippen LogP contribution in [0.3, 0.4) is 0 Å². The zero-order valence-electron chi connectivity index (χ0n) is 11.2. The molecule has 0 heterocycles. The van der Waals surface area contributed by atoms with Crippen LogP contribution in [0.15, 0.2) is 47.4 Å². The molecule has 0 spiro atoms. The van der Waals surface area contributed by atoms with Crippen molar-refractivity contribution in [1.29, 1.82) is 0 Å². The summed E-state index contributed by atoms with van der Waals surface area (Å²) in [5.74, 6) is 5.89. The summed E-state index contributed by atoms with van der Waals surface area (Å²) in [6, 6.07) is 12.4. The van der Waals surface area contributed by atoms with Gasteiger partial charge in [0.1, 0.15) is 5.82 Å². The van der Waals surface area contributed by atoms with Gasteiger partial charge in [0.15, 0.2) is 0 Å². The van der Waals surface area contributed by atoms with Crippen LogP contribution in [-0.4, -0.2) is 11.8 Å². The lowest BCUT2D eigenvalue weighted by Gasteiger charge is -2.16. The van der Waals surface area contributed by atoms with Crippen LogP contribution in [0.1, 0.15) is 5.56 Å². The van der Waals surface area contributed by atoms with E-state index in [1.54, 1.807) is 23.9 Å². The highest BCUT2D eigenvalue weighted by Gasteiger charge is 2.13. The van der Waals surface area contributed by atoms with Crippen LogP contribution < -0.4 is 11.3 Å². The number of halogens is 3. The maximum Gasteiger partial charge on any atom is 0.142 e. The number of benzene rings is 2. The second kappa shape index (κ2) is 8.01. The topological polar surface area (TPSA) is 38.0 Å². The van der Waals surface area contributed by atoms with Crippen LogP contribution >= 0.6 is 35.0 Å². The predicted molar refractivity (Wildman–Crippen MR) is 88.4 cm³/mol. The van der Waals surface area contributed by atoms with Gasteiger partial charge in [-0.3, -0.25) is 11.3 Å². The molecule has 0 aliphatic rings. The molecule has 0 fully saturated rings. The highest BCUT2D eigenvalue weighted by molar-refractivity contribution is 7.99. The monoisotopic (exact) mass is 344 g/mol. The van der Waals surface area contributed by atoms with Gasteiger partial charge in [-0.1, -0.05) is 41.4 Å². The molecular formula is C15H15Cl2FN2S. The first-order valence-corrected chi connectivity index (χ1v) is 8.11. The Labute approximate surface area is 137 Å². The van der Waals surface area contributed by atoms with E-state index in [9.17, 15) is 4.39 Å². The highest BCUT2D eigenvalue weighted by atomic mass is 35.5. The Kier molecular flexibility index (Phi) is 6.33. The Morgan fingerprint density at radius 1 is 1.19 bits per heavy atom. The molecule has 0 saturated carbocycles. The zero-order chi connectivity index (χ0) is 15.2. The molecule has 0 bridgehead atoms. The van der Waals surface area contributed by atoms with E-state index in [0.717, 1.165) is 16.2 Å². The Balaban J connectivity index is 1.99. The van der Waals surface area contributed by atoms with Crippen LogP contribution in [-0.2, 0) is 6.42 Å². The minimum Gasteiger partial charge on any atom is -0.271 e. The number of hydrogen-bond acceptors (Lipinski definition) is 3. The third-order valence-corrected chi connectivity index (χ3v) is 4.80. The third-order valence-electron chi connectivity index (χ3n) is 2.98. The molecule has 2 aromatic rings. The normalized spacial score (nSPS) is 12.4. The number of rotatable bonds is 6. The summed E-state index contributed by atoms with van der Waals surface area (Å²) in [7, 11) is 0. The number of hydrogen-bond donors (Lipinski definition) is 2. The first-order chi connectivity index (χ1) is 10.1. The third kappa shape index (κ3) is 4.87. The van der Waals surface area contributed by atoms with Gasteiger partial charge in [-0.2, -0.15) is 0 Å². The van der Waals surface area contributed by atoms with Gasteiger partial charge in [0.2, 0.25) is 0 Å². The fraction of sp³-hybridized carbons (Fsp3) is 0.200. The maximum atomic E-state index is 13.4. The van der Waals surface area contributed by atoms with E-state index in [-0.39, 0.29) is 11.1 Å². The van der Waals surface area contributed by atoms with Crippen molar-refractivity contribution in [3.05, 3.63) is 63.9 Å². The molecule has 0 saturated heterocycles. The highest BCUT2D eigenvalue weighted by Crippen LogP contribution is 2.25. The van der Waals surface area contributed by atoms with Gasteiger partial charge in [-0.05, 0) is 36.2 Å². The maximum absolute atomic E-state index is 13.4. The van der Waals surface area contributed by atoms with E-state index < -0.39 is 5.82 Å². The first-order valence-electron chi connectivity index (χ1n) is 6.37. The van der Waals surface area contributed by atoms with Gasteiger partial charge in [0.05, 0.1) is 5.02 Å². The van der Waals surface area contributed by atoms with E-state index in [2.05, 4.69) is 5.43 Å². The fourth-order valence-electron chi connectivity index (χ4n) is 1.89.